The predicted molar refractivity (Wildman–Crippen MR) is 58.1 cm³/mol. The zero-order valence-electron chi connectivity index (χ0n) is 9.91. The maximum Gasteiger partial charge on any atom is 0.295 e. The van der Waals surface area contributed by atoms with E-state index in [-0.39, 0.29) is 6.29 Å². The molecular formula is C11H24O3. The topological polar surface area (TPSA) is 35.5 Å². The normalized spacial score (nSPS) is 19.3. The Balaban J connectivity index is 0. The molecule has 1 saturated heterocycles. The van der Waals surface area contributed by atoms with Gasteiger partial charge in [-0.25, -0.2) is 0 Å². The van der Waals surface area contributed by atoms with Crippen LogP contribution in [0.4, 0.5) is 0 Å². The number of carbonyl (C=O) groups excluding carboxylic acids is 1. The van der Waals surface area contributed by atoms with Crippen molar-refractivity contribution in [1.82, 2.24) is 0 Å². The second-order valence-electron chi connectivity index (χ2n) is 2.74. The molecule has 0 N–H and O–H groups in total. The summed E-state index contributed by atoms with van der Waals surface area (Å²) in [5.41, 5.74) is 0. The van der Waals surface area contributed by atoms with E-state index in [2.05, 4.69) is 18.6 Å². The highest BCUT2D eigenvalue weighted by Gasteiger charge is 2.12. The Morgan fingerprint density at radius 2 is 1.93 bits per heavy atom. The molecule has 0 saturated carbocycles. The molecule has 0 aliphatic carbocycles. The summed E-state index contributed by atoms with van der Waals surface area (Å²) in [6.07, 6.45) is 4.01. The first kappa shape index (κ1) is 15.9. The molecule has 0 bridgehead atoms. The molecule has 1 fully saturated rings. The van der Waals surface area contributed by atoms with Gasteiger partial charge < -0.3 is 9.47 Å². The zero-order chi connectivity index (χ0) is 11.2. The van der Waals surface area contributed by atoms with Crippen molar-refractivity contribution in [2.75, 3.05) is 6.61 Å². The third-order valence-corrected chi connectivity index (χ3v) is 1.35. The number of hydrogen-bond donors (Lipinski definition) is 0. The maximum atomic E-state index is 9.77. The van der Waals surface area contributed by atoms with Gasteiger partial charge in [0.1, 0.15) is 0 Å². The van der Waals surface area contributed by atoms with Crippen LogP contribution in [0.3, 0.4) is 0 Å². The fraction of sp³-hybridized carbons (Fsp3) is 0.909. The molecule has 1 atom stereocenters. The first-order chi connectivity index (χ1) is 6.85. The van der Waals surface area contributed by atoms with Gasteiger partial charge in [-0.05, 0) is 12.8 Å². The van der Waals surface area contributed by atoms with E-state index in [0.717, 1.165) is 25.9 Å². The van der Waals surface area contributed by atoms with Crippen LogP contribution in [0.1, 0.15) is 53.4 Å². The molecule has 3 nitrogen and oxygen atoms in total. The number of hydrogen-bond acceptors (Lipinski definition) is 3. The summed E-state index contributed by atoms with van der Waals surface area (Å²) in [6.45, 7) is 9.41. The second kappa shape index (κ2) is 14.9. The Hall–Kier alpha value is -0.570. The van der Waals surface area contributed by atoms with E-state index in [1.54, 1.807) is 0 Å². The van der Waals surface area contributed by atoms with Crippen molar-refractivity contribution in [3.05, 3.63) is 0 Å². The van der Waals surface area contributed by atoms with Gasteiger partial charge in [0.25, 0.3) is 6.47 Å². The fourth-order valence-corrected chi connectivity index (χ4v) is 0.880. The van der Waals surface area contributed by atoms with Gasteiger partial charge in [0, 0.05) is 6.42 Å². The number of carbonyl (C=O) groups is 1. The molecule has 1 unspecified atom stereocenters. The van der Waals surface area contributed by atoms with Gasteiger partial charge in [0.2, 0.25) is 6.29 Å². The first-order valence-corrected chi connectivity index (χ1v) is 5.55. The first-order valence-electron chi connectivity index (χ1n) is 5.55. The van der Waals surface area contributed by atoms with Crippen molar-refractivity contribution in [3.63, 3.8) is 0 Å². The lowest BCUT2D eigenvalue weighted by atomic mass is 10.2. The van der Waals surface area contributed by atoms with Crippen molar-refractivity contribution >= 4 is 6.47 Å². The summed E-state index contributed by atoms with van der Waals surface area (Å²) < 4.78 is 9.64. The molecule has 0 spiro atoms. The largest absolute Gasteiger partial charge is 0.438 e. The van der Waals surface area contributed by atoms with Crippen LogP contribution in [0.2, 0.25) is 0 Å². The summed E-state index contributed by atoms with van der Waals surface area (Å²) in [5.74, 6) is 0. The lowest BCUT2D eigenvalue weighted by Gasteiger charge is -2.19. The van der Waals surface area contributed by atoms with Crippen molar-refractivity contribution < 1.29 is 14.3 Å². The van der Waals surface area contributed by atoms with Crippen molar-refractivity contribution in [3.8, 4) is 0 Å². The Morgan fingerprint density at radius 1 is 1.36 bits per heavy atom. The Labute approximate surface area is 87.8 Å². The van der Waals surface area contributed by atoms with Crippen LogP contribution in [0, 0.1) is 0 Å². The van der Waals surface area contributed by atoms with Gasteiger partial charge in [-0.15, -0.1) is 0 Å². The quantitative estimate of drug-likeness (QED) is 0.648. The lowest BCUT2D eigenvalue weighted by Crippen LogP contribution is -2.21. The van der Waals surface area contributed by atoms with E-state index >= 15 is 0 Å². The third kappa shape index (κ3) is 11.4. The second-order valence-corrected chi connectivity index (χ2v) is 2.74. The molecular weight excluding hydrogens is 180 g/mol. The Kier molecular flexibility index (Phi) is 16.9. The van der Waals surface area contributed by atoms with Gasteiger partial charge in [0.15, 0.2) is 0 Å². The molecule has 14 heavy (non-hydrogen) atoms. The number of ether oxygens (including phenoxy) is 2. The molecule has 86 valence electrons. The summed E-state index contributed by atoms with van der Waals surface area (Å²) in [7, 11) is 0. The summed E-state index contributed by atoms with van der Waals surface area (Å²) in [6, 6.07) is 0. The SMILES string of the molecule is CC.CCC.O=COC1CCCCO1. The summed E-state index contributed by atoms with van der Waals surface area (Å²) in [4.78, 5) is 9.77. The average Bonchev–Trinajstić information content (AvgIpc) is 2.24. The van der Waals surface area contributed by atoms with E-state index in [9.17, 15) is 4.79 Å². The van der Waals surface area contributed by atoms with E-state index in [1.165, 1.54) is 6.42 Å². The van der Waals surface area contributed by atoms with Crippen LogP contribution in [-0.4, -0.2) is 19.4 Å². The van der Waals surface area contributed by atoms with Gasteiger partial charge >= 0.3 is 0 Å². The van der Waals surface area contributed by atoms with Crippen LogP contribution in [-0.2, 0) is 14.3 Å². The van der Waals surface area contributed by atoms with Gasteiger partial charge in [0.05, 0.1) is 6.61 Å². The lowest BCUT2D eigenvalue weighted by molar-refractivity contribution is -0.172. The van der Waals surface area contributed by atoms with Crippen molar-refractivity contribution in [1.29, 1.82) is 0 Å². The average molecular weight is 204 g/mol. The summed E-state index contributed by atoms with van der Waals surface area (Å²) >= 11 is 0. The Bertz CT molecular complexity index is 98.7. The van der Waals surface area contributed by atoms with Crippen molar-refractivity contribution in [2.45, 2.75) is 59.7 Å². The van der Waals surface area contributed by atoms with Crippen molar-refractivity contribution in [2.24, 2.45) is 0 Å². The number of rotatable bonds is 2. The minimum absolute atomic E-state index is 0.267. The molecule has 0 aromatic carbocycles. The monoisotopic (exact) mass is 204 g/mol. The Morgan fingerprint density at radius 3 is 2.29 bits per heavy atom. The predicted octanol–water partition coefficient (Wildman–Crippen LogP) is 3.13. The highest BCUT2D eigenvalue weighted by Crippen LogP contribution is 2.12. The third-order valence-electron chi connectivity index (χ3n) is 1.35. The molecule has 0 radical (unpaired) electrons. The summed E-state index contributed by atoms with van der Waals surface area (Å²) in [5, 5.41) is 0. The molecule has 0 aromatic rings. The van der Waals surface area contributed by atoms with Crippen LogP contribution in [0.25, 0.3) is 0 Å². The molecule has 3 heteroatoms. The molecule has 1 heterocycles. The van der Waals surface area contributed by atoms with Crippen LogP contribution >= 0.6 is 0 Å². The van der Waals surface area contributed by atoms with E-state index in [1.807, 2.05) is 13.8 Å². The van der Waals surface area contributed by atoms with Gasteiger partial charge in [-0.2, -0.15) is 0 Å². The maximum absolute atomic E-state index is 9.77. The smallest absolute Gasteiger partial charge is 0.295 e. The standard InChI is InChI=1S/C6H10O3.C3H8.C2H6/c7-5-9-6-3-1-2-4-8-6;1-3-2;1-2/h5-6H,1-4H2;3H2,1-2H3;1-2H3. The minimum atomic E-state index is -0.267. The fourth-order valence-electron chi connectivity index (χ4n) is 0.880. The van der Waals surface area contributed by atoms with Gasteiger partial charge in [-0.3, -0.25) is 4.79 Å². The van der Waals surface area contributed by atoms with E-state index in [4.69, 9.17) is 4.74 Å². The van der Waals surface area contributed by atoms with E-state index < -0.39 is 0 Å². The highest BCUT2D eigenvalue weighted by molar-refractivity contribution is 5.37. The van der Waals surface area contributed by atoms with Gasteiger partial charge in [-0.1, -0.05) is 34.1 Å². The van der Waals surface area contributed by atoms with Crippen LogP contribution in [0.15, 0.2) is 0 Å². The van der Waals surface area contributed by atoms with Crippen LogP contribution in [0.5, 0.6) is 0 Å². The molecule has 1 rings (SSSR count). The highest BCUT2D eigenvalue weighted by atomic mass is 16.7. The van der Waals surface area contributed by atoms with Crippen LogP contribution < -0.4 is 0 Å². The zero-order valence-corrected chi connectivity index (χ0v) is 9.91. The molecule has 0 amide bonds. The minimum Gasteiger partial charge on any atom is -0.438 e. The molecule has 1 aliphatic rings. The molecule has 0 aromatic heterocycles. The van der Waals surface area contributed by atoms with E-state index in [0.29, 0.717) is 6.47 Å². The molecule has 1 aliphatic heterocycles.